The first-order valence-corrected chi connectivity index (χ1v) is 41.4. The Hall–Kier alpha value is -9.23. The Morgan fingerprint density at radius 1 is 0.474 bits per heavy atom. The van der Waals surface area contributed by atoms with E-state index in [1.165, 1.54) is 85.7 Å². The first-order chi connectivity index (χ1) is 54.3. The number of ether oxygens (including phenoxy) is 4. The molecule has 12 heterocycles. The Morgan fingerprint density at radius 2 is 0.871 bits per heavy atom. The summed E-state index contributed by atoms with van der Waals surface area (Å²) < 4.78 is 30.9. The third-order valence-corrected chi connectivity index (χ3v) is 24.7. The normalized spacial score (nSPS) is 25.1. The van der Waals surface area contributed by atoms with Crippen LogP contribution in [0.15, 0.2) is 147 Å². The third-order valence-electron chi connectivity index (χ3n) is 24.7. The number of carbonyl (C=O) groups excluding carboxylic acids is 5. The molecule has 23 heteroatoms. The van der Waals surface area contributed by atoms with Crippen LogP contribution in [-0.4, -0.2) is 173 Å². The van der Waals surface area contributed by atoms with Crippen molar-refractivity contribution in [3.8, 4) is 33.8 Å². The zero-order chi connectivity index (χ0) is 80.5. The summed E-state index contributed by atoms with van der Waals surface area (Å²) in [6.07, 6.45) is 23.9. The van der Waals surface area contributed by atoms with E-state index in [9.17, 15) is 29.1 Å². The van der Waals surface area contributed by atoms with Crippen molar-refractivity contribution in [2.45, 2.75) is 208 Å². The largest absolute Gasteiger partial charge is 1.00 e. The van der Waals surface area contributed by atoms with Gasteiger partial charge >= 0.3 is 43.2 Å². The predicted octanol–water partition coefficient (Wildman–Crippen LogP) is 14.4. The quantitative estimate of drug-likeness (QED) is 0.0986. The molecule has 4 amide bonds. The van der Waals surface area contributed by atoms with E-state index in [1.54, 1.807) is 4.90 Å². The van der Waals surface area contributed by atoms with E-state index in [2.05, 4.69) is 137 Å². The van der Waals surface area contributed by atoms with E-state index in [4.69, 9.17) is 18.9 Å². The zero-order valence-electron chi connectivity index (χ0n) is 69.8. The minimum Gasteiger partial charge on any atom is -0.444 e. The molecule has 4 aliphatic carbocycles. The molecular weight excluding hydrogens is 1450 g/mol. The van der Waals surface area contributed by atoms with Gasteiger partial charge in [-0.25, -0.2) is 39.1 Å². The smallest absolute Gasteiger partial charge is 0.444 e. The van der Waals surface area contributed by atoms with Gasteiger partial charge in [0, 0.05) is 99.2 Å². The van der Waals surface area contributed by atoms with Gasteiger partial charge in [-0.2, -0.15) is 6.42 Å². The molecule has 4 saturated heterocycles. The fraction of sp³-hybridized carbons (Fsp3) is 0.527. The SMILES string of the molecule is C.CC(C)(C)OC(=O)N1CC2CC(=O)CC2C1.CC(C)(C)OC(=O)N1CC2CC(=c3c4ccccc4c4cncn34)CC2C1.CC(C)(C)OC(=O)N1CC2CC(C3c4ccccc4-c4cncn43)CC2C1.CC(C)(C)OC(=O)N1CC2CC(O)(C3c4ccccc4-c4cncn43)CC2C1.[CH2-]CCC.[Li+].c1ccc2c(c1)Cn1cncc1-2. The van der Waals surface area contributed by atoms with Gasteiger partial charge in [0.15, 0.2) is 0 Å². The van der Waals surface area contributed by atoms with Gasteiger partial charge in [-0.15, -0.1) is 0 Å². The molecule has 0 bridgehead atoms. The monoisotopic (exact) mass is 1570 g/mol. The Bertz CT molecular complexity index is 5030. The van der Waals surface area contributed by atoms with Gasteiger partial charge in [-0.05, 0) is 197 Å². The van der Waals surface area contributed by atoms with Crippen LogP contribution < -0.4 is 24.2 Å². The van der Waals surface area contributed by atoms with Gasteiger partial charge in [0.2, 0.25) is 0 Å². The van der Waals surface area contributed by atoms with Gasteiger partial charge < -0.3 is 64.3 Å². The summed E-state index contributed by atoms with van der Waals surface area (Å²) in [6, 6.07) is 34.4. The number of amides is 4. The summed E-state index contributed by atoms with van der Waals surface area (Å²) >= 11 is 0. The first-order valence-electron chi connectivity index (χ1n) is 41.4. The van der Waals surface area contributed by atoms with Crippen molar-refractivity contribution in [1.29, 1.82) is 0 Å². The molecule has 0 radical (unpaired) electrons. The van der Waals surface area contributed by atoms with Crippen LogP contribution in [-0.2, 0) is 30.3 Å². The minimum absolute atomic E-state index is 0. The van der Waals surface area contributed by atoms with E-state index in [0.29, 0.717) is 117 Å². The van der Waals surface area contributed by atoms with Crippen LogP contribution >= 0.6 is 0 Å². The number of rotatable bonds is 3. The van der Waals surface area contributed by atoms with Crippen molar-refractivity contribution in [2.75, 3.05) is 52.4 Å². The molecule has 4 saturated carbocycles. The predicted molar refractivity (Wildman–Crippen MR) is 446 cm³/mol. The van der Waals surface area contributed by atoms with Crippen LogP contribution in [0.5, 0.6) is 0 Å². The second-order valence-corrected chi connectivity index (χ2v) is 37.7. The second-order valence-electron chi connectivity index (χ2n) is 37.7. The molecule has 4 aromatic carbocycles. The number of ketones is 1. The van der Waals surface area contributed by atoms with Crippen molar-refractivity contribution in [1.82, 2.24) is 57.6 Å². The maximum Gasteiger partial charge on any atom is 1.00 e. The summed E-state index contributed by atoms with van der Waals surface area (Å²) in [5.74, 6) is 4.54. The topological polar surface area (TPSA) is 226 Å². The third kappa shape index (κ3) is 17.8. The van der Waals surface area contributed by atoms with Gasteiger partial charge in [-0.3, -0.25) is 9.20 Å². The van der Waals surface area contributed by atoms with Crippen molar-refractivity contribution in [3.05, 3.63) is 176 Å². The summed E-state index contributed by atoms with van der Waals surface area (Å²) in [4.78, 5) is 84.8. The fourth-order valence-electron chi connectivity index (χ4n) is 20.1. The number of fused-ring (bicyclic) bond motifs is 16. The van der Waals surface area contributed by atoms with E-state index in [1.807, 2.05) is 160 Å². The van der Waals surface area contributed by atoms with Crippen LogP contribution in [0.2, 0.25) is 0 Å². The van der Waals surface area contributed by atoms with E-state index < -0.39 is 28.0 Å². The maximum atomic E-state index is 12.4. The van der Waals surface area contributed by atoms with E-state index in [0.717, 1.165) is 63.2 Å². The van der Waals surface area contributed by atoms with Gasteiger partial charge in [0.05, 0.1) is 95.7 Å². The summed E-state index contributed by atoms with van der Waals surface area (Å²) in [7, 11) is 0. The Kier molecular flexibility index (Phi) is 24.6. The second kappa shape index (κ2) is 33.6. The van der Waals surface area contributed by atoms with Crippen LogP contribution in [0.1, 0.15) is 190 Å². The number of aliphatic hydroxyl groups is 1. The van der Waals surface area contributed by atoms with Gasteiger partial charge in [-0.1, -0.05) is 118 Å². The van der Waals surface area contributed by atoms with Crippen LogP contribution in [0.25, 0.3) is 55.6 Å². The van der Waals surface area contributed by atoms with Crippen molar-refractivity contribution in [2.24, 2.45) is 53.3 Å². The summed E-state index contributed by atoms with van der Waals surface area (Å²) in [6.45, 7) is 35.5. The van der Waals surface area contributed by atoms with Gasteiger partial charge in [0.25, 0.3) is 0 Å². The Balaban J connectivity index is 0.000000127. The van der Waals surface area contributed by atoms with Crippen molar-refractivity contribution >= 4 is 52.0 Å². The number of Topliss-reactive ketones (excluding diaryl/α,β-unsaturated/α-hetero) is 1. The molecule has 10 atom stereocenters. The van der Waals surface area contributed by atoms with Gasteiger partial charge in [0.1, 0.15) is 28.2 Å². The number of unbranched alkanes of at least 4 members (excludes halogenated alkanes) is 1. The number of hydrogen-bond donors (Lipinski definition) is 1. The molecule has 11 aliphatic rings. The standard InChI is InChI=1S/C22H27N3O3.C22H27N3O2.C22H25N3O2.C12H19NO3.C10H8N2.C4H9.CH4.Li/c1-21(2,3)28-20(26)24-11-14-8-22(27,9-15(14)12-24)19-17-7-5-4-6-16(17)18-10-23-13-25(18)19;2*1-22(2,3)27-21(26)24-11-15-8-14(9-16(15)12-24)20-18-7-5-4-6-17(18)19-10-23-13-25(19)20;1-12(2,3)16-11(15)13-6-8-4-10(14)5-9(8)7-13;1-2-4-9-8(3-1)6-12-7-11-5-10(9)12;1-3-4-2;;/h4-7,10,13-15,19,27H,8-9,11-12H2,1-3H3;4-7,10,13-16,20H,8-9,11-12H2,1-3H3;4-7,10,13,15-16H,8-9,11-12H2,1-3H3;8-9H,4-7H2,1-3H3;1-5,7H,6H2;1,3-4H2,2H3;1H4;/q;;;;;-1;;+1. The maximum absolute atomic E-state index is 12.4. The van der Waals surface area contributed by atoms with Crippen molar-refractivity contribution in [3.63, 3.8) is 0 Å². The number of likely N-dealkylation sites (tertiary alicyclic amines) is 4. The molecule has 5 aromatic heterocycles. The fourth-order valence-corrected chi connectivity index (χ4v) is 20.1. The van der Waals surface area contributed by atoms with E-state index >= 15 is 0 Å². The average Bonchev–Trinajstić information content (AvgIpc) is 1.56. The number of aromatic nitrogens is 8. The number of benzene rings is 4. The van der Waals surface area contributed by atoms with Crippen LogP contribution in [0.4, 0.5) is 19.2 Å². The van der Waals surface area contributed by atoms with E-state index in [-0.39, 0.29) is 56.7 Å². The summed E-state index contributed by atoms with van der Waals surface area (Å²) in [5, 5.41) is 15.6. The molecular formula is C93H119LiN12O10. The van der Waals surface area contributed by atoms with Crippen LogP contribution in [0.3, 0.4) is 0 Å². The number of imidazole rings is 4. The molecule has 612 valence electrons. The minimum atomic E-state index is -0.822. The number of hydrogen-bond acceptors (Lipinski definition) is 14. The molecule has 1 N–H and O–H groups in total. The van der Waals surface area contributed by atoms with Crippen molar-refractivity contribution < 1.29 is 66.9 Å². The average molecular weight is 1570 g/mol. The zero-order valence-corrected chi connectivity index (χ0v) is 69.8. The molecule has 8 fully saturated rings. The molecule has 20 rings (SSSR count). The molecule has 116 heavy (non-hydrogen) atoms. The molecule has 0 spiro atoms. The first kappa shape index (κ1) is 84.7. The Morgan fingerprint density at radius 3 is 1.38 bits per heavy atom. The summed E-state index contributed by atoms with van der Waals surface area (Å²) in [5.41, 5.74) is 11.4. The number of nitrogens with zero attached hydrogens (tertiary/aromatic N) is 12. The van der Waals surface area contributed by atoms with Crippen LogP contribution in [0, 0.1) is 60.2 Å². The molecule has 22 nitrogen and oxygen atoms in total. The number of carbonyl (C=O) groups is 5. The molecule has 9 aromatic rings. The molecule has 10 unspecified atom stereocenters. The molecule has 7 aliphatic heterocycles. The Labute approximate surface area is 696 Å².